The predicted octanol–water partition coefficient (Wildman–Crippen LogP) is 1.65. The summed E-state index contributed by atoms with van der Waals surface area (Å²) < 4.78 is 7.48. The molecule has 0 aromatic carbocycles. The molecule has 0 radical (unpaired) electrons. The van der Waals surface area contributed by atoms with E-state index in [1.54, 1.807) is 18.3 Å². The summed E-state index contributed by atoms with van der Waals surface area (Å²) in [6.45, 7) is 2.48. The number of aryl methyl sites for hydroxylation is 1. The number of aromatic nitrogens is 4. The van der Waals surface area contributed by atoms with Crippen molar-refractivity contribution in [3.8, 4) is 5.88 Å². The summed E-state index contributed by atoms with van der Waals surface area (Å²) in [5.41, 5.74) is 0.529. The van der Waals surface area contributed by atoms with Gasteiger partial charge in [-0.25, -0.2) is 4.98 Å². The fourth-order valence-corrected chi connectivity index (χ4v) is 3.70. The minimum Gasteiger partial charge on any atom is -0.480 e. The van der Waals surface area contributed by atoms with Crippen LogP contribution in [0.4, 0.5) is 0 Å². The summed E-state index contributed by atoms with van der Waals surface area (Å²) in [7, 11) is 1.54. The van der Waals surface area contributed by atoms with Crippen LogP contribution in [0, 0.1) is 0 Å². The molecule has 2 aliphatic heterocycles. The zero-order valence-corrected chi connectivity index (χ0v) is 13.8. The number of methoxy groups -OCH3 is 1. The number of hydrogen-bond acceptors (Lipinski definition) is 5. The van der Waals surface area contributed by atoms with Gasteiger partial charge in [-0.3, -0.25) is 4.79 Å². The molecule has 4 rings (SSSR count). The van der Waals surface area contributed by atoms with Gasteiger partial charge < -0.3 is 14.2 Å². The third kappa shape index (κ3) is 2.53. The second kappa shape index (κ2) is 6.22. The Kier molecular flexibility index (Phi) is 3.92. The van der Waals surface area contributed by atoms with E-state index in [-0.39, 0.29) is 5.91 Å². The molecule has 0 saturated carbocycles. The number of amides is 1. The Morgan fingerprint density at radius 2 is 2.08 bits per heavy atom. The number of likely N-dealkylation sites (tertiary alicyclic amines) is 1. The monoisotopic (exact) mass is 327 g/mol. The van der Waals surface area contributed by atoms with Crippen LogP contribution in [0.3, 0.4) is 0 Å². The lowest BCUT2D eigenvalue weighted by atomic mass is 9.95. The van der Waals surface area contributed by atoms with E-state index in [1.807, 2.05) is 4.90 Å². The molecule has 4 heterocycles. The second-order valence-corrected chi connectivity index (χ2v) is 6.36. The van der Waals surface area contributed by atoms with Gasteiger partial charge in [0, 0.05) is 38.2 Å². The number of hydrogen-bond donors (Lipinski definition) is 0. The third-order valence-electron chi connectivity index (χ3n) is 4.98. The Balaban J connectivity index is 1.45. The molecular formula is C17H21N5O2. The Labute approximate surface area is 140 Å². The Morgan fingerprint density at radius 1 is 1.25 bits per heavy atom. The van der Waals surface area contributed by atoms with Crippen molar-refractivity contribution in [3.05, 3.63) is 35.5 Å². The minimum absolute atomic E-state index is 0.00938. The highest BCUT2D eigenvalue weighted by molar-refractivity contribution is 5.96. The van der Waals surface area contributed by atoms with E-state index < -0.39 is 0 Å². The number of carbonyl (C=O) groups is 1. The first-order valence-electron chi connectivity index (χ1n) is 8.48. The van der Waals surface area contributed by atoms with Crippen molar-refractivity contribution in [2.75, 3.05) is 20.2 Å². The van der Waals surface area contributed by atoms with Gasteiger partial charge >= 0.3 is 0 Å². The van der Waals surface area contributed by atoms with Gasteiger partial charge in [0.15, 0.2) is 0 Å². The Hall–Kier alpha value is -2.44. The average molecular weight is 327 g/mol. The maximum absolute atomic E-state index is 12.7. The molecule has 0 spiro atoms. The summed E-state index contributed by atoms with van der Waals surface area (Å²) in [5, 5.41) is 8.70. The first-order valence-corrected chi connectivity index (χ1v) is 8.48. The van der Waals surface area contributed by atoms with Crippen LogP contribution in [-0.4, -0.2) is 50.8 Å². The molecule has 1 saturated heterocycles. The summed E-state index contributed by atoms with van der Waals surface area (Å²) in [6.07, 6.45) is 5.67. The van der Waals surface area contributed by atoms with Crippen LogP contribution >= 0.6 is 0 Å². The SMILES string of the molecule is COc1ncccc1C(=O)N1CCC(c2nnc3n2CCC3)CC1. The average Bonchev–Trinajstić information content (AvgIpc) is 3.25. The molecule has 1 fully saturated rings. The van der Waals surface area contributed by atoms with Crippen LogP contribution < -0.4 is 4.74 Å². The second-order valence-electron chi connectivity index (χ2n) is 6.36. The number of fused-ring (bicyclic) bond motifs is 1. The van der Waals surface area contributed by atoms with E-state index in [0.717, 1.165) is 57.0 Å². The van der Waals surface area contributed by atoms with E-state index in [4.69, 9.17) is 4.74 Å². The molecule has 7 heteroatoms. The van der Waals surface area contributed by atoms with E-state index in [0.29, 0.717) is 17.4 Å². The minimum atomic E-state index is -0.00938. The summed E-state index contributed by atoms with van der Waals surface area (Å²) in [6, 6.07) is 3.54. The lowest BCUT2D eigenvalue weighted by molar-refractivity contribution is 0.0706. The standard InChI is InChI=1S/C17H21N5O2/c1-24-16-13(4-2-8-18-16)17(23)21-10-6-12(7-11-21)15-20-19-14-5-3-9-22(14)15/h2,4,8,12H,3,5-7,9-11H2,1H3. The van der Waals surface area contributed by atoms with Gasteiger partial charge in [-0.15, -0.1) is 10.2 Å². The van der Waals surface area contributed by atoms with Gasteiger partial charge in [0.05, 0.1) is 7.11 Å². The van der Waals surface area contributed by atoms with Crippen LogP contribution in [0.2, 0.25) is 0 Å². The number of piperidine rings is 1. The van der Waals surface area contributed by atoms with Crippen LogP contribution in [0.5, 0.6) is 5.88 Å². The molecule has 0 aliphatic carbocycles. The van der Waals surface area contributed by atoms with Gasteiger partial charge in [0.1, 0.15) is 17.2 Å². The maximum Gasteiger partial charge on any atom is 0.259 e. The molecule has 0 unspecified atom stereocenters. The van der Waals surface area contributed by atoms with Crippen molar-refractivity contribution in [2.45, 2.75) is 38.1 Å². The van der Waals surface area contributed by atoms with Crippen LogP contribution in [0.1, 0.15) is 47.2 Å². The Bertz CT molecular complexity index is 749. The summed E-state index contributed by atoms with van der Waals surface area (Å²) in [4.78, 5) is 18.7. The zero-order chi connectivity index (χ0) is 16.5. The number of carbonyl (C=O) groups excluding carboxylic acids is 1. The first-order chi connectivity index (χ1) is 11.8. The zero-order valence-electron chi connectivity index (χ0n) is 13.8. The predicted molar refractivity (Wildman–Crippen MR) is 87.0 cm³/mol. The molecule has 126 valence electrons. The van der Waals surface area contributed by atoms with E-state index in [2.05, 4.69) is 19.7 Å². The van der Waals surface area contributed by atoms with Crippen LogP contribution in [-0.2, 0) is 13.0 Å². The molecule has 2 aromatic heterocycles. The van der Waals surface area contributed by atoms with Crippen molar-refractivity contribution >= 4 is 5.91 Å². The van der Waals surface area contributed by atoms with Gasteiger partial charge in [0.2, 0.25) is 5.88 Å². The van der Waals surface area contributed by atoms with E-state index in [1.165, 1.54) is 7.11 Å². The lowest BCUT2D eigenvalue weighted by Crippen LogP contribution is -2.38. The molecule has 24 heavy (non-hydrogen) atoms. The molecule has 7 nitrogen and oxygen atoms in total. The van der Waals surface area contributed by atoms with E-state index in [9.17, 15) is 4.79 Å². The number of ether oxygens (including phenoxy) is 1. The van der Waals surface area contributed by atoms with Gasteiger partial charge in [-0.1, -0.05) is 0 Å². The van der Waals surface area contributed by atoms with Crippen molar-refractivity contribution < 1.29 is 9.53 Å². The normalized spacial score (nSPS) is 17.8. The summed E-state index contributed by atoms with van der Waals surface area (Å²) in [5.74, 6) is 2.99. The highest BCUT2D eigenvalue weighted by atomic mass is 16.5. The quantitative estimate of drug-likeness (QED) is 0.857. The first kappa shape index (κ1) is 15.1. The van der Waals surface area contributed by atoms with Crippen molar-refractivity contribution in [2.24, 2.45) is 0 Å². The molecule has 0 N–H and O–H groups in total. The number of pyridine rings is 1. The van der Waals surface area contributed by atoms with E-state index >= 15 is 0 Å². The van der Waals surface area contributed by atoms with Gasteiger partial charge in [0.25, 0.3) is 5.91 Å². The fourth-order valence-electron chi connectivity index (χ4n) is 3.70. The molecule has 0 atom stereocenters. The maximum atomic E-state index is 12.7. The molecule has 2 aromatic rings. The highest BCUT2D eigenvalue weighted by Gasteiger charge is 2.30. The fraction of sp³-hybridized carbons (Fsp3) is 0.529. The van der Waals surface area contributed by atoms with Crippen molar-refractivity contribution in [3.63, 3.8) is 0 Å². The van der Waals surface area contributed by atoms with Gasteiger partial charge in [-0.2, -0.15) is 0 Å². The molecular weight excluding hydrogens is 306 g/mol. The lowest BCUT2D eigenvalue weighted by Gasteiger charge is -2.31. The largest absolute Gasteiger partial charge is 0.480 e. The smallest absolute Gasteiger partial charge is 0.259 e. The summed E-state index contributed by atoms with van der Waals surface area (Å²) >= 11 is 0. The molecule has 1 amide bonds. The molecule has 2 aliphatic rings. The van der Waals surface area contributed by atoms with Crippen LogP contribution in [0.15, 0.2) is 18.3 Å². The van der Waals surface area contributed by atoms with Crippen molar-refractivity contribution in [1.29, 1.82) is 0 Å². The number of nitrogens with zero attached hydrogens (tertiary/aromatic N) is 5. The Morgan fingerprint density at radius 3 is 2.88 bits per heavy atom. The third-order valence-corrected chi connectivity index (χ3v) is 4.98. The van der Waals surface area contributed by atoms with Gasteiger partial charge in [-0.05, 0) is 31.4 Å². The van der Waals surface area contributed by atoms with Crippen molar-refractivity contribution in [1.82, 2.24) is 24.6 Å². The molecule has 0 bridgehead atoms. The van der Waals surface area contributed by atoms with Crippen LogP contribution in [0.25, 0.3) is 0 Å². The highest BCUT2D eigenvalue weighted by Crippen LogP contribution is 2.30. The number of rotatable bonds is 3. The topological polar surface area (TPSA) is 73.1 Å².